The number of ether oxygens (including phenoxy) is 2. The van der Waals surface area contributed by atoms with Crippen molar-refractivity contribution in [2.75, 3.05) is 13.2 Å². The number of aliphatic carboxylic acids is 1. The Kier molecular flexibility index (Phi) is 7.10. The number of hydrogen-bond acceptors (Lipinski definition) is 3. The van der Waals surface area contributed by atoms with E-state index >= 15 is 0 Å². The topological polar surface area (TPSA) is 55.8 Å². The zero-order valence-electron chi connectivity index (χ0n) is 12.1. The van der Waals surface area contributed by atoms with Crippen molar-refractivity contribution in [1.29, 1.82) is 0 Å². The minimum absolute atomic E-state index is 0.0377. The number of unbranched alkanes of at least 4 members (excludes halogenated alkanes) is 1. The summed E-state index contributed by atoms with van der Waals surface area (Å²) in [5, 5.41) is 8.54. The summed E-state index contributed by atoms with van der Waals surface area (Å²) in [4.78, 5) is 10.4. The van der Waals surface area contributed by atoms with Gasteiger partial charge < -0.3 is 14.6 Å². The third-order valence-corrected chi connectivity index (χ3v) is 3.11. The highest BCUT2D eigenvalue weighted by Crippen LogP contribution is 2.22. The zero-order valence-corrected chi connectivity index (χ0v) is 12.1. The quantitative estimate of drug-likeness (QED) is 0.542. The summed E-state index contributed by atoms with van der Waals surface area (Å²) in [6, 6.07) is 0. The fourth-order valence-electron chi connectivity index (χ4n) is 1.97. The van der Waals surface area contributed by atoms with Gasteiger partial charge >= 0.3 is 5.97 Å². The minimum atomic E-state index is -0.731. The van der Waals surface area contributed by atoms with Gasteiger partial charge in [-0.25, -0.2) is 0 Å². The summed E-state index contributed by atoms with van der Waals surface area (Å²) >= 11 is 0. The summed E-state index contributed by atoms with van der Waals surface area (Å²) in [5.41, 5.74) is -0.0377. The van der Waals surface area contributed by atoms with Crippen LogP contribution in [-0.2, 0) is 14.3 Å². The molecule has 110 valence electrons. The fourth-order valence-corrected chi connectivity index (χ4v) is 1.97. The molecule has 1 rings (SSSR count). The lowest BCUT2D eigenvalue weighted by atomic mass is 9.93. The van der Waals surface area contributed by atoms with Crippen LogP contribution in [-0.4, -0.2) is 30.6 Å². The molecule has 1 atom stereocenters. The van der Waals surface area contributed by atoms with E-state index in [1.54, 1.807) is 0 Å². The molecule has 0 aromatic carbocycles. The second-order valence-corrected chi connectivity index (χ2v) is 5.78. The molecule has 1 N–H and O–H groups in total. The van der Waals surface area contributed by atoms with Gasteiger partial charge in [-0.15, -0.1) is 0 Å². The molecule has 1 aliphatic rings. The maximum absolute atomic E-state index is 10.4. The van der Waals surface area contributed by atoms with Crippen LogP contribution in [0, 0.1) is 5.41 Å². The summed E-state index contributed by atoms with van der Waals surface area (Å²) in [6.07, 6.45) is 9.13. The monoisotopic (exact) mass is 270 g/mol. The molecule has 0 radical (unpaired) electrons. The van der Waals surface area contributed by atoms with Gasteiger partial charge in [-0.3, -0.25) is 4.79 Å². The number of rotatable bonds is 8. The second kappa shape index (κ2) is 8.33. The molecule has 0 aliphatic carbocycles. The number of carbonyl (C=O) groups is 1. The molecular formula is C15H26O4. The van der Waals surface area contributed by atoms with Gasteiger partial charge in [-0.2, -0.15) is 0 Å². The molecule has 0 aromatic heterocycles. The van der Waals surface area contributed by atoms with E-state index in [1.165, 1.54) is 6.42 Å². The lowest BCUT2D eigenvalue weighted by molar-refractivity contribution is -0.172. The number of hydrogen-bond donors (Lipinski definition) is 1. The summed E-state index contributed by atoms with van der Waals surface area (Å²) in [5.74, 6) is -0.731. The van der Waals surface area contributed by atoms with Crippen LogP contribution in [0.2, 0.25) is 0 Å². The fraction of sp³-hybridized carbons (Fsp3) is 0.800. The highest BCUT2D eigenvalue weighted by molar-refractivity contribution is 5.66. The molecule has 1 fully saturated rings. The lowest BCUT2D eigenvalue weighted by Gasteiger charge is -2.27. The Morgan fingerprint density at radius 3 is 2.89 bits per heavy atom. The van der Waals surface area contributed by atoms with Crippen molar-refractivity contribution in [3.05, 3.63) is 12.2 Å². The average Bonchev–Trinajstić information content (AvgIpc) is 2.37. The van der Waals surface area contributed by atoms with Crippen molar-refractivity contribution in [2.45, 2.75) is 58.7 Å². The number of allylic oxidation sites excluding steroid dienone is 1. The Bertz CT molecular complexity index is 291. The number of carboxylic acids is 1. The summed E-state index contributed by atoms with van der Waals surface area (Å²) in [7, 11) is 0. The van der Waals surface area contributed by atoms with Gasteiger partial charge in [-0.05, 0) is 32.1 Å². The van der Waals surface area contributed by atoms with Crippen LogP contribution in [0.5, 0.6) is 0 Å². The molecule has 0 bridgehead atoms. The zero-order chi connectivity index (χ0) is 14.1. The molecule has 1 saturated heterocycles. The van der Waals surface area contributed by atoms with E-state index in [9.17, 15) is 4.79 Å². The average molecular weight is 270 g/mol. The third-order valence-electron chi connectivity index (χ3n) is 3.11. The van der Waals surface area contributed by atoms with Crippen LogP contribution in [0.4, 0.5) is 0 Å². The van der Waals surface area contributed by atoms with Gasteiger partial charge in [0.2, 0.25) is 0 Å². The van der Waals surface area contributed by atoms with Crippen LogP contribution < -0.4 is 0 Å². The van der Waals surface area contributed by atoms with Crippen molar-refractivity contribution in [3.8, 4) is 0 Å². The molecule has 1 heterocycles. The van der Waals surface area contributed by atoms with Crippen LogP contribution in [0.1, 0.15) is 52.4 Å². The van der Waals surface area contributed by atoms with Gasteiger partial charge in [0.1, 0.15) is 0 Å². The Morgan fingerprint density at radius 1 is 1.47 bits per heavy atom. The van der Waals surface area contributed by atoms with Crippen LogP contribution in [0.25, 0.3) is 0 Å². The van der Waals surface area contributed by atoms with E-state index in [0.29, 0.717) is 13.0 Å². The van der Waals surface area contributed by atoms with Crippen molar-refractivity contribution in [2.24, 2.45) is 5.41 Å². The normalized spacial score (nSPS) is 20.8. The molecule has 0 saturated carbocycles. The summed E-state index contributed by atoms with van der Waals surface area (Å²) in [6.45, 7) is 5.66. The largest absolute Gasteiger partial charge is 0.481 e. The first-order valence-electron chi connectivity index (χ1n) is 7.12. The second-order valence-electron chi connectivity index (χ2n) is 5.78. The Hall–Kier alpha value is -0.870. The van der Waals surface area contributed by atoms with Gasteiger partial charge in [0.25, 0.3) is 0 Å². The Labute approximate surface area is 115 Å². The molecule has 1 unspecified atom stereocenters. The van der Waals surface area contributed by atoms with Crippen LogP contribution >= 0.6 is 0 Å². The van der Waals surface area contributed by atoms with Crippen molar-refractivity contribution < 1.29 is 19.4 Å². The van der Waals surface area contributed by atoms with E-state index in [0.717, 1.165) is 25.9 Å². The molecule has 19 heavy (non-hydrogen) atoms. The molecule has 0 amide bonds. The first-order valence-corrected chi connectivity index (χ1v) is 7.12. The molecule has 4 nitrogen and oxygen atoms in total. The standard InChI is InChI=1S/C15H26O4/c1-15(2,10-6-3-4-8-13(16)17)12-19-14-9-5-7-11-18-14/h6,10,14H,3-5,7-9,11-12H2,1-2H3,(H,16,17). The molecule has 0 spiro atoms. The predicted octanol–water partition coefficient (Wildman–Crippen LogP) is 3.37. The number of carboxylic acid groups (broad SMARTS) is 1. The van der Waals surface area contributed by atoms with Crippen LogP contribution in [0.3, 0.4) is 0 Å². The SMILES string of the molecule is CC(C)(C=CCCCC(=O)O)COC1CCCCO1. The van der Waals surface area contributed by atoms with Crippen LogP contribution in [0.15, 0.2) is 12.2 Å². The first kappa shape index (κ1) is 16.2. The highest BCUT2D eigenvalue weighted by Gasteiger charge is 2.19. The van der Waals surface area contributed by atoms with Gasteiger partial charge in [0, 0.05) is 18.4 Å². The Morgan fingerprint density at radius 2 is 2.26 bits per heavy atom. The molecular weight excluding hydrogens is 244 g/mol. The summed E-state index contributed by atoms with van der Waals surface area (Å²) < 4.78 is 11.3. The minimum Gasteiger partial charge on any atom is -0.481 e. The maximum atomic E-state index is 10.4. The van der Waals surface area contributed by atoms with Crippen molar-refractivity contribution in [1.82, 2.24) is 0 Å². The van der Waals surface area contributed by atoms with E-state index in [2.05, 4.69) is 19.9 Å². The predicted molar refractivity (Wildman–Crippen MR) is 74.0 cm³/mol. The van der Waals surface area contributed by atoms with E-state index in [1.807, 2.05) is 6.08 Å². The van der Waals surface area contributed by atoms with E-state index < -0.39 is 5.97 Å². The lowest BCUT2D eigenvalue weighted by Crippen LogP contribution is -2.27. The van der Waals surface area contributed by atoms with E-state index in [4.69, 9.17) is 14.6 Å². The maximum Gasteiger partial charge on any atom is 0.303 e. The van der Waals surface area contributed by atoms with Crippen molar-refractivity contribution in [3.63, 3.8) is 0 Å². The highest BCUT2D eigenvalue weighted by atomic mass is 16.7. The van der Waals surface area contributed by atoms with Gasteiger partial charge in [0.05, 0.1) is 6.61 Å². The third kappa shape index (κ3) is 8.01. The molecule has 4 heteroatoms. The smallest absolute Gasteiger partial charge is 0.303 e. The Balaban J connectivity index is 2.18. The molecule has 0 aromatic rings. The van der Waals surface area contributed by atoms with E-state index in [-0.39, 0.29) is 18.1 Å². The first-order chi connectivity index (χ1) is 8.99. The van der Waals surface area contributed by atoms with Crippen molar-refractivity contribution >= 4 is 5.97 Å². The van der Waals surface area contributed by atoms with Gasteiger partial charge in [0.15, 0.2) is 6.29 Å². The molecule has 1 aliphatic heterocycles. The van der Waals surface area contributed by atoms with Gasteiger partial charge in [-0.1, -0.05) is 26.0 Å².